The van der Waals surface area contributed by atoms with E-state index >= 15 is 0 Å². The predicted molar refractivity (Wildman–Crippen MR) is 122 cm³/mol. The summed E-state index contributed by atoms with van der Waals surface area (Å²) in [5, 5.41) is 2.85. The lowest BCUT2D eigenvalue weighted by Gasteiger charge is -2.34. The molecule has 0 aromatic heterocycles. The molecule has 2 heterocycles. The van der Waals surface area contributed by atoms with Crippen molar-refractivity contribution in [1.29, 1.82) is 0 Å². The van der Waals surface area contributed by atoms with Crippen molar-refractivity contribution in [2.24, 2.45) is 17.1 Å². The van der Waals surface area contributed by atoms with E-state index < -0.39 is 6.04 Å². The van der Waals surface area contributed by atoms with Crippen LogP contribution in [0.25, 0.3) is 0 Å². The van der Waals surface area contributed by atoms with Crippen LogP contribution in [0.4, 0.5) is 0 Å². The van der Waals surface area contributed by atoms with Gasteiger partial charge in [-0.2, -0.15) is 0 Å². The Balaban J connectivity index is 1.74. The fraction of sp³-hybridized carbons (Fsp3) is 0.870. The van der Waals surface area contributed by atoms with Crippen LogP contribution in [-0.2, 0) is 19.1 Å². The molecular weight excluding hydrogens is 410 g/mol. The maximum atomic E-state index is 13.4. The van der Waals surface area contributed by atoms with Crippen molar-refractivity contribution in [3.05, 3.63) is 0 Å². The van der Waals surface area contributed by atoms with E-state index in [9.17, 15) is 14.4 Å². The van der Waals surface area contributed by atoms with Crippen LogP contribution in [0.3, 0.4) is 0 Å². The van der Waals surface area contributed by atoms with E-state index in [4.69, 9.17) is 10.5 Å². The third kappa shape index (κ3) is 6.89. The number of nitrogens with two attached hydrogens (primary N) is 1. The van der Waals surface area contributed by atoms with Crippen molar-refractivity contribution in [1.82, 2.24) is 20.0 Å². The minimum Gasteiger partial charge on any atom is -0.379 e. The number of rotatable bonds is 9. The minimum atomic E-state index is -0.534. The van der Waals surface area contributed by atoms with Gasteiger partial charge in [-0.3, -0.25) is 19.3 Å². The molecule has 2 aliphatic heterocycles. The van der Waals surface area contributed by atoms with E-state index in [0.29, 0.717) is 52.2 Å². The van der Waals surface area contributed by atoms with Crippen LogP contribution in [0.5, 0.6) is 0 Å². The van der Waals surface area contributed by atoms with E-state index in [1.807, 2.05) is 4.90 Å². The van der Waals surface area contributed by atoms with Crippen molar-refractivity contribution in [2.45, 2.75) is 58.5 Å². The summed E-state index contributed by atoms with van der Waals surface area (Å²) < 4.78 is 5.44. The number of likely N-dealkylation sites (tertiary alicyclic amines) is 1. The summed E-state index contributed by atoms with van der Waals surface area (Å²) in [5.41, 5.74) is 5.42. The molecule has 0 radical (unpaired) electrons. The van der Waals surface area contributed by atoms with Crippen LogP contribution < -0.4 is 11.1 Å². The molecule has 1 saturated carbocycles. The number of nitrogens with one attached hydrogen (secondary N) is 1. The minimum absolute atomic E-state index is 0.0330. The van der Waals surface area contributed by atoms with Gasteiger partial charge < -0.3 is 25.6 Å². The summed E-state index contributed by atoms with van der Waals surface area (Å²) in [6.45, 7) is 11.9. The van der Waals surface area contributed by atoms with Crippen LogP contribution in [-0.4, -0.2) is 104 Å². The highest BCUT2D eigenvalue weighted by Gasteiger charge is 2.46. The number of nitrogens with zero attached hydrogens (tertiary/aromatic N) is 3. The molecule has 2 unspecified atom stereocenters. The van der Waals surface area contributed by atoms with E-state index in [1.165, 1.54) is 0 Å². The van der Waals surface area contributed by atoms with Gasteiger partial charge in [0.1, 0.15) is 6.04 Å². The zero-order valence-electron chi connectivity index (χ0n) is 20.0. The first-order valence-corrected chi connectivity index (χ1v) is 12.1. The third-order valence-electron chi connectivity index (χ3n) is 6.44. The van der Waals surface area contributed by atoms with Gasteiger partial charge in [0, 0.05) is 58.2 Å². The molecule has 0 bridgehead atoms. The fourth-order valence-electron chi connectivity index (χ4n) is 4.55. The van der Waals surface area contributed by atoms with Crippen LogP contribution in [0, 0.1) is 11.3 Å². The van der Waals surface area contributed by atoms with Gasteiger partial charge in [-0.15, -0.1) is 0 Å². The first-order valence-electron chi connectivity index (χ1n) is 12.1. The second kappa shape index (κ2) is 10.9. The summed E-state index contributed by atoms with van der Waals surface area (Å²) in [6.07, 6.45) is 2.70. The van der Waals surface area contributed by atoms with Crippen molar-refractivity contribution >= 4 is 17.7 Å². The zero-order chi connectivity index (χ0) is 23.3. The van der Waals surface area contributed by atoms with Gasteiger partial charge in [0.2, 0.25) is 17.7 Å². The highest BCUT2D eigenvalue weighted by atomic mass is 16.5. The summed E-state index contributed by atoms with van der Waals surface area (Å²) in [7, 11) is 0. The molecule has 2 atom stereocenters. The average Bonchev–Trinajstić information content (AvgIpc) is 3.50. The Labute approximate surface area is 192 Å². The van der Waals surface area contributed by atoms with Gasteiger partial charge >= 0.3 is 0 Å². The van der Waals surface area contributed by atoms with Gasteiger partial charge in [0.05, 0.1) is 19.3 Å². The normalized spacial score (nSPS) is 24.4. The Hall–Kier alpha value is -1.71. The number of ether oxygens (including phenoxy) is 1. The Kier molecular flexibility index (Phi) is 8.52. The molecule has 3 fully saturated rings. The van der Waals surface area contributed by atoms with Crippen molar-refractivity contribution in [3.8, 4) is 0 Å². The van der Waals surface area contributed by atoms with Crippen LogP contribution in [0.2, 0.25) is 0 Å². The Bertz CT molecular complexity index is 670. The van der Waals surface area contributed by atoms with Gasteiger partial charge in [0.15, 0.2) is 0 Å². The molecular formula is C23H41N5O4. The molecule has 0 aromatic carbocycles. The number of carbonyl (C=O) groups excluding carboxylic acids is 3. The summed E-state index contributed by atoms with van der Waals surface area (Å²) in [4.78, 5) is 45.1. The molecule has 2 saturated heterocycles. The van der Waals surface area contributed by atoms with Crippen molar-refractivity contribution < 1.29 is 19.1 Å². The highest BCUT2D eigenvalue weighted by Crippen LogP contribution is 2.35. The number of hydrogen-bond donors (Lipinski definition) is 2. The number of morpholine rings is 1. The van der Waals surface area contributed by atoms with E-state index in [0.717, 1.165) is 32.5 Å². The smallest absolute Gasteiger partial charge is 0.242 e. The number of hydrogen-bond acceptors (Lipinski definition) is 6. The van der Waals surface area contributed by atoms with Crippen LogP contribution in [0.15, 0.2) is 0 Å². The quantitative estimate of drug-likeness (QED) is 0.512. The molecule has 9 nitrogen and oxygen atoms in total. The van der Waals surface area contributed by atoms with Gasteiger partial charge in [-0.05, 0) is 24.7 Å². The standard InChI is InChI=1S/C23H41N5O4/c1-23(2,3)15-20(29)27(9-8-26-10-12-32-13-11-26)18-14-19(21(30)25-7-6-24)28(16-18)22(31)17-4-5-17/h17-19H,4-16,24H2,1-3H3,(H,25,30). The van der Waals surface area contributed by atoms with Crippen LogP contribution >= 0.6 is 0 Å². The fourth-order valence-corrected chi connectivity index (χ4v) is 4.55. The lowest BCUT2D eigenvalue weighted by atomic mass is 9.91. The molecule has 9 heteroatoms. The second-order valence-corrected chi connectivity index (χ2v) is 10.5. The Morgan fingerprint density at radius 1 is 1.16 bits per heavy atom. The van der Waals surface area contributed by atoms with E-state index in [2.05, 4.69) is 31.0 Å². The maximum absolute atomic E-state index is 13.4. The predicted octanol–water partition coefficient (Wildman–Crippen LogP) is 0.0378. The van der Waals surface area contributed by atoms with E-state index in [1.54, 1.807) is 4.90 Å². The number of amides is 3. The lowest BCUT2D eigenvalue weighted by molar-refractivity contribution is -0.139. The monoisotopic (exact) mass is 451 g/mol. The lowest BCUT2D eigenvalue weighted by Crippen LogP contribution is -2.49. The molecule has 3 aliphatic rings. The molecule has 0 spiro atoms. The first kappa shape index (κ1) is 24.9. The molecule has 3 amide bonds. The Morgan fingerprint density at radius 2 is 1.84 bits per heavy atom. The average molecular weight is 452 g/mol. The largest absolute Gasteiger partial charge is 0.379 e. The van der Waals surface area contributed by atoms with Gasteiger partial charge in [-0.1, -0.05) is 20.8 Å². The first-order chi connectivity index (χ1) is 15.2. The molecule has 32 heavy (non-hydrogen) atoms. The maximum Gasteiger partial charge on any atom is 0.242 e. The second-order valence-electron chi connectivity index (χ2n) is 10.5. The van der Waals surface area contributed by atoms with Gasteiger partial charge in [0.25, 0.3) is 0 Å². The molecule has 0 aromatic rings. The molecule has 3 rings (SSSR count). The molecule has 182 valence electrons. The molecule has 1 aliphatic carbocycles. The Morgan fingerprint density at radius 3 is 2.44 bits per heavy atom. The van der Waals surface area contributed by atoms with Crippen LogP contribution in [0.1, 0.15) is 46.5 Å². The highest BCUT2D eigenvalue weighted by molar-refractivity contribution is 5.90. The van der Waals surface area contributed by atoms with Gasteiger partial charge in [-0.25, -0.2) is 0 Å². The summed E-state index contributed by atoms with van der Waals surface area (Å²) >= 11 is 0. The van der Waals surface area contributed by atoms with E-state index in [-0.39, 0.29) is 35.1 Å². The molecule has 3 N–H and O–H groups in total. The summed E-state index contributed by atoms with van der Waals surface area (Å²) in [5.74, 6) is 0.0170. The van der Waals surface area contributed by atoms with Crippen molar-refractivity contribution in [3.63, 3.8) is 0 Å². The third-order valence-corrected chi connectivity index (χ3v) is 6.44. The SMILES string of the molecule is CC(C)(C)CC(=O)N(CCN1CCOCC1)C1CC(C(=O)NCCN)N(C(=O)C2CC2)C1. The summed E-state index contributed by atoms with van der Waals surface area (Å²) in [6, 6.07) is -0.685. The zero-order valence-corrected chi connectivity index (χ0v) is 20.0. The topological polar surface area (TPSA) is 108 Å². The number of carbonyl (C=O) groups is 3. The van der Waals surface area contributed by atoms with Crippen molar-refractivity contribution in [2.75, 3.05) is 59.0 Å².